The van der Waals surface area contributed by atoms with Crippen LogP contribution in [0.15, 0.2) is 24.3 Å². The van der Waals surface area contributed by atoms with Gasteiger partial charge in [0.05, 0.1) is 13.2 Å². The third kappa shape index (κ3) is 4.04. The van der Waals surface area contributed by atoms with Crippen molar-refractivity contribution < 1.29 is 14.3 Å². The van der Waals surface area contributed by atoms with Crippen LogP contribution in [0.4, 0.5) is 10.5 Å². The molecule has 0 aliphatic carbocycles. The lowest BCUT2D eigenvalue weighted by Gasteiger charge is -2.32. The lowest BCUT2D eigenvalue weighted by atomic mass is 10.2. The van der Waals surface area contributed by atoms with Crippen LogP contribution in [0.1, 0.15) is 23.2 Å². The van der Waals surface area contributed by atoms with Crippen molar-refractivity contribution in [3.8, 4) is 0 Å². The molecule has 3 rings (SSSR count). The van der Waals surface area contributed by atoms with Crippen molar-refractivity contribution in [1.82, 2.24) is 9.80 Å². The van der Waals surface area contributed by atoms with Crippen molar-refractivity contribution in [2.45, 2.75) is 18.9 Å². The van der Waals surface area contributed by atoms with Gasteiger partial charge in [-0.05, 0) is 31.0 Å². The Bertz CT molecular complexity index is 601. The molecule has 7 heteroatoms. The van der Waals surface area contributed by atoms with E-state index in [2.05, 4.69) is 10.2 Å². The summed E-state index contributed by atoms with van der Waals surface area (Å²) in [5, 5.41) is 2.88. The van der Waals surface area contributed by atoms with Gasteiger partial charge in [0.1, 0.15) is 0 Å². The number of amides is 3. The highest BCUT2D eigenvalue weighted by Gasteiger charge is 2.30. The summed E-state index contributed by atoms with van der Waals surface area (Å²) < 4.78 is 5.38. The van der Waals surface area contributed by atoms with E-state index >= 15 is 0 Å². The van der Waals surface area contributed by atoms with Gasteiger partial charge in [-0.15, -0.1) is 0 Å². The molecule has 3 N–H and O–H groups in total. The second-order valence-electron chi connectivity index (χ2n) is 6.28. The average Bonchev–Trinajstić information content (AvgIpc) is 3.04. The molecule has 0 radical (unpaired) electrons. The first kappa shape index (κ1) is 16.7. The topological polar surface area (TPSA) is 87.9 Å². The van der Waals surface area contributed by atoms with Crippen LogP contribution in [0.5, 0.6) is 0 Å². The number of nitrogens with two attached hydrogens (primary N) is 1. The van der Waals surface area contributed by atoms with Crippen LogP contribution < -0.4 is 11.1 Å². The predicted molar refractivity (Wildman–Crippen MR) is 91.0 cm³/mol. The third-order valence-electron chi connectivity index (χ3n) is 4.61. The minimum atomic E-state index is -0.502. The van der Waals surface area contributed by atoms with Gasteiger partial charge in [-0.2, -0.15) is 0 Å². The molecule has 1 aromatic carbocycles. The Hall–Kier alpha value is -2.12. The summed E-state index contributed by atoms with van der Waals surface area (Å²) in [6.45, 7) is 5.02. The minimum Gasteiger partial charge on any atom is -0.379 e. The number of likely N-dealkylation sites (tertiary alicyclic amines) is 1. The van der Waals surface area contributed by atoms with Crippen LogP contribution in [-0.2, 0) is 4.74 Å². The maximum absolute atomic E-state index is 12.6. The molecule has 0 saturated carbocycles. The number of urea groups is 1. The molecule has 2 saturated heterocycles. The number of hydrogen-bond donors (Lipinski definition) is 2. The summed E-state index contributed by atoms with van der Waals surface area (Å²) >= 11 is 0. The molecule has 130 valence electrons. The zero-order valence-corrected chi connectivity index (χ0v) is 13.7. The first-order valence-electron chi connectivity index (χ1n) is 8.41. The van der Waals surface area contributed by atoms with Crippen molar-refractivity contribution in [2.24, 2.45) is 5.73 Å². The number of nitrogens with zero attached hydrogens (tertiary/aromatic N) is 2. The van der Waals surface area contributed by atoms with Gasteiger partial charge in [0, 0.05) is 43.5 Å². The van der Waals surface area contributed by atoms with Crippen molar-refractivity contribution in [3.63, 3.8) is 0 Å². The molecule has 24 heavy (non-hydrogen) atoms. The summed E-state index contributed by atoms with van der Waals surface area (Å²) in [6, 6.07) is 6.82. The lowest BCUT2D eigenvalue weighted by Crippen LogP contribution is -2.47. The number of carbonyl (C=O) groups is 2. The standard InChI is InChI=1S/C17H24N4O3/c18-16(22)13-3-1-4-14(11-13)19-17(23)21-6-2-5-15(21)12-20-7-9-24-10-8-20/h1,3-4,11,15H,2,5-10,12H2,(H2,18,22)(H,19,23)/t15-/m0/s1. The molecule has 0 aromatic heterocycles. The maximum atomic E-state index is 12.6. The van der Waals surface area contributed by atoms with Gasteiger partial charge in [-0.25, -0.2) is 4.79 Å². The summed E-state index contributed by atoms with van der Waals surface area (Å²) in [5.41, 5.74) is 6.26. The number of nitrogens with one attached hydrogen (secondary N) is 1. The minimum absolute atomic E-state index is 0.118. The van der Waals surface area contributed by atoms with Crippen LogP contribution >= 0.6 is 0 Å². The number of morpholine rings is 1. The number of anilines is 1. The van der Waals surface area contributed by atoms with E-state index in [-0.39, 0.29) is 12.1 Å². The first-order valence-corrected chi connectivity index (χ1v) is 8.41. The molecule has 1 aromatic rings. The second-order valence-corrected chi connectivity index (χ2v) is 6.28. The fourth-order valence-corrected chi connectivity index (χ4v) is 3.32. The molecule has 0 unspecified atom stereocenters. The highest BCUT2D eigenvalue weighted by Crippen LogP contribution is 2.21. The molecule has 2 aliphatic heterocycles. The monoisotopic (exact) mass is 332 g/mol. The van der Waals surface area contributed by atoms with E-state index in [1.807, 2.05) is 4.90 Å². The van der Waals surface area contributed by atoms with Crippen molar-refractivity contribution in [1.29, 1.82) is 0 Å². The van der Waals surface area contributed by atoms with Crippen LogP contribution in [0.25, 0.3) is 0 Å². The smallest absolute Gasteiger partial charge is 0.322 e. The van der Waals surface area contributed by atoms with Gasteiger partial charge in [-0.1, -0.05) is 6.07 Å². The number of ether oxygens (including phenoxy) is 1. The second kappa shape index (κ2) is 7.63. The quantitative estimate of drug-likeness (QED) is 0.865. The third-order valence-corrected chi connectivity index (χ3v) is 4.61. The van der Waals surface area contributed by atoms with E-state index < -0.39 is 5.91 Å². The van der Waals surface area contributed by atoms with E-state index in [1.54, 1.807) is 24.3 Å². The SMILES string of the molecule is NC(=O)c1cccc(NC(=O)N2CCC[C@H]2CN2CCOCC2)c1. The molecule has 1 atom stereocenters. The van der Waals surface area contributed by atoms with Gasteiger partial charge in [0.15, 0.2) is 0 Å². The van der Waals surface area contributed by atoms with E-state index in [9.17, 15) is 9.59 Å². The molecular weight excluding hydrogens is 308 g/mol. The molecule has 2 aliphatic rings. The molecular formula is C17H24N4O3. The molecule has 3 amide bonds. The van der Waals surface area contributed by atoms with Gasteiger partial charge >= 0.3 is 6.03 Å². The van der Waals surface area contributed by atoms with Crippen molar-refractivity contribution in [3.05, 3.63) is 29.8 Å². The maximum Gasteiger partial charge on any atom is 0.322 e. The Kier molecular flexibility index (Phi) is 5.32. The zero-order chi connectivity index (χ0) is 16.9. The number of carbonyl (C=O) groups excluding carboxylic acids is 2. The fourth-order valence-electron chi connectivity index (χ4n) is 3.32. The van der Waals surface area contributed by atoms with Gasteiger partial charge in [-0.3, -0.25) is 9.69 Å². The lowest BCUT2D eigenvalue weighted by molar-refractivity contribution is 0.0296. The fraction of sp³-hybridized carbons (Fsp3) is 0.529. The largest absolute Gasteiger partial charge is 0.379 e. The molecule has 0 bridgehead atoms. The Labute approximate surface area is 141 Å². The Morgan fingerprint density at radius 2 is 2.04 bits per heavy atom. The van der Waals surface area contributed by atoms with Gasteiger partial charge in [0.25, 0.3) is 0 Å². The van der Waals surface area contributed by atoms with Crippen LogP contribution in [0.2, 0.25) is 0 Å². The van der Waals surface area contributed by atoms with Gasteiger partial charge < -0.3 is 20.7 Å². The van der Waals surface area contributed by atoms with E-state index in [4.69, 9.17) is 10.5 Å². The normalized spacial score (nSPS) is 21.7. The van der Waals surface area contributed by atoms with E-state index in [0.717, 1.165) is 52.2 Å². The highest BCUT2D eigenvalue weighted by molar-refractivity contribution is 5.96. The molecule has 7 nitrogen and oxygen atoms in total. The van der Waals surface area contributed by atoms with E-state index in [1.165, 1.54) is 0 Å². The number of primary amides is 1. The Morgan fingerprint density at radius 3 is 2.79 bits per heavy atom. The van der Waals surface area contributed by atoms with Gasteiger partial charge in [0.2, 0.25) is 5.91 Å². The first-order chi connectivity index (χ1) is 11.6. The summed E-state index contributed by atoms with van der Waals surface area (Å²) in [6.07, 6.45) is 2.04. The van der Waals surface area contributed by atoms with Crippen molar-refractivity contribution >= 4 is 17.6 Å². The summed E-state index contributed by atoms with van der Waals surface area (Å²) in [5.74, 6) is -0.502. The van der Waals surface area contributed by atoms with Crippen LogP contribution in [-0.4, -0.2) is 67.2 Å². The van der Waals surface area contributed by atoms with E-state index in [0.29, 0.717) is 11.3 Å². The molecule has 2 heterocycles. The number of rotatable bonds is 4. The van der Waals surface area contributed by atoms with Crippen LogP contribution in [0.3, 0.4) is 0 Å². The Morgan fingerprint density at radius 1 is 1.25 bits per heavy atom. The zero-order valence-electron chi connectivity index (χ0n) is 13.7. The summed E-state index contributed by atoms with van der Waals surface area (Å²) in [4.78, 5) is 28.1. The van der Waals surface area contributed by atoms with Crippen LogP contribution in [0, 0.1) is 0 Å². The van der Waals surface area contributed by atoms with Crippen molar-refractivity contribution in [2.75, 3.05) is 44.7 Å². The summed E-state index contributed by atoms with van der Waals surface area (Å²) in [7, 11) is 0. The molecule has 2 fully saturated rings. The Balaban J connectivity index is 1.60. The average molecular weight is 332 g/mol. The number of benzene rings is 1. The highest BCUT2D eigenvalue weighted by atomic mass is 16.5. The molecule has 0 spiro atoms. The number of hydrogen-bond acceptors (Lipinski definition) is 4. The predicted octanol–water partition coefficient (Wildman–Crippen LogP) is 1.11.